The zero-order chi connectivity index (χ0) is 12.0. The molecule has 90 valence electrons. The molecule has 0 saturated carbocycles. The number of aliphatic hydroxyl groups is 1. The summed E-state index contributed by atoms with van der Waals surface area (Å²) < 4.78 is 0.919. The van der Waals surface area contributed by atoms with Crippen molar-refractivity contribution >= 4 is 27.5 Å². The number of aliphatic hydroxyl groups excluding tert-OH is 1. The minimum absolute atomic E-state index is 0.396. The average Bonchev–Trinajstić information content (AvgIpc) is 2.22. The molecule has 1 rings (SSSR count). The molecule has 0 aliphatic heterocycles. The summed E-state index contributed by atoms with van der Waals surface area (Å²) in [6.45, 7) is 2.19. The fourth-order valence-electron chi connectivity index (χ4n) is 1.70. The smallest absolute Gasteiger partial charge is 0.0791 e. The molecule has 0 saturated heterocycles. The standard InChI is InChI=1S/C13H18BrClO/c1-2-3-4-5-6-13(16)10-7-11(14)9-12(15)8-10/h7-9,13,16H,2-6H2,1H3. The molecule has 0 radical (unpaired) electrons. The fourth-order valence-corrected chi connectivity index (χ4v) is 2.58. The Balaban J connectivity index is 2.48. The van der Waals surface area contributed by atoms with Crippen molar-refractivity contribution in [3.8, 4) is 0 Å². The van der Waals surface area contributed by atoms with Gasteiger partial charge in [0.2, 0.25) is 0 Å². The van der Waals surface area contributed by atoms with Gasteiger partial charge in [-0.05, 0) is 30.2 Å². The molecule has 0 bridgehead atoms. The van der Waals surface area contributed by atoms with Gasteiger partial charge in [-0.15, -0.1) is 0 Å². The summed E-state index contributed by atoms with van der Waals surface area (Å²) in [6, 6.07) is 5.59. The van der Waals surface area contributed by atoms with E-state index in [0.29, 0.717) is 5.02 Å². The summed E-state index contributed by atoms with van der Waals surface area (Å²) in [5.74, 6) is 0. The molecular weight excluding hydrogens is 287 g/mol. The maximum atomic E-state index is 9.99. The molecule has 0 aliphatic rings. The Hall–Kier alpha value is -0.0500. The third kappa shape index (κ3) is 4.86. The van der Waals surface area contributed by atoms with Crippen molar-refractivity contribution < 1.29 is 5.11 Å². The van der Waals surface area contributed by atoms with Crippen molar-refractivity contribution in [2.24, 2.45) is 0 Å². The second-order valence-electron chi connectivity index (χ2n) is 4.07. The van der Waals surface area contributed by atoms with E-state index in [2.05, 4.69) is 22.9 Å². The second-order valence-corrected chi connectivity index (χ2v) is 5.42. The molecule has 0 fully saturated rings. The number of unbranched alkanes of at least 4 members (excludes halogenated alkanes) is 3. The van der Waals surface area contributed by atoms with E-state index in [1.54, 1.807) is 0 Å². The molecule has 0 heterocycles. The van der Waals surface area contributed by atoms with Crippen LogP contribution >= 0.6 is 27.5 Å². The average molecular weight is 306 g/mol. The number of hydrogen-bond acceptors (Lipinski definition) is 1. The third-order valence-corrected chi connectivity index (χ3v) is 3.28. The van der Waals surface area contributed by atoms with Crippen LogP contribution in [0.25, 0.3) is 0 Å². The van der Waals surface area contributed by atoms with Gasteiger partial charge < -0.3 is 5.11 Å². The lowest BCUT2D eigenvalue weighted by molar-refractivity contribution is 0.163. The molecule has 1 aromatic rings. The van der Waals surface area contributed by atoms with Crippen LogP contribution in [0.4, 0.5) is 0 Å². The molecule has 1 atom stereocenters. The Kier molecular flexibility index (Phi) is 6.40. The van der Waals surface area contributed by atoms with Gasteiger partial charge >= 0.3 is 0 Å². The van der Waals surface area contributed by atoms with Crippen LogP contribution in [0.1, 0.15) is 50.7 Å². The SMILES string of the molecule is CCCCCCC(O)c1cc(Cl)cc(Br)c1. The van der Waals surface area contributed by atoms with Crippen molar-refractivity contribution in [1.29, 1.82) is 0 Å². The van der Waals surface area contributed by atoms with Crippen molar-refractivity contribution in [2.45, 2.75) is 45.1 Å². The summed E-state index contributed by atoms with van der Waals surface area (Å²) in [5.41, 5.74) is 0.899. The lowest BCUT2D eigenvalue weighted by Gasteiger charge is -2.11. The maximum Gasteiger partial charge on any atom is 0.0791 e. The molecule has 3 heteroatoms. The first-order valence-electron chi connectivity index (χ1n) is 5.77. The molecule has 16 heavy (non-hydrogen) atoms. The Morgan fingerprint density at radius 1 is 1.25 bits per heavy atom. The zero-order valence-electron chi connectivity index (χ0n) is 9.55. The molecule has 0 aliphatic carbocycles. The van der Waals surface area contributed by atoms with Crippen LogP contribution in [0.15, 0.2) is 22.7 Å². The van der Waals surface area contributed by atoms with Gasteiger partial charge in [0.05, 0.1) is 6.10 Å². The Morgan fingerprint density at radius 2 is 2.00 bits per heavy atom. The maximum absolute atomic E-state index is 9.99. The highest BCUT2D eigenvalue weighted by Crippen LogP contribution is 2.26. The predicted molar refractivity (Wildman–Crippen MR) is 72.9 cm³/mol. The van der Waals surface area contributed by atoms with Gasteiger partial charge in [0.25, 0.3) is 0 Å². The number of benzene rings is 1. The van der Waals surface area contributed by atoms with Crippen LogP contribution in [-0.2, 0) is 0 Å². The van der Waals surface area contributed by atoms with Crippen LogP contribution in [-0.4, -0.2) is 5.11 Å². The normalized spacial score (nSPS) is 12.8. The second kappa shape index (κ2) is 7.31. The van der Waals surface area contributed by atoms with E-state index in [1.165, 1.54) is 19.3 Å². The number of hydrogen-bond donors (Lipinski definition) is 1. The first-order chi connectivity index (χ1) is 7.63. The van der Waals surface area contributed by atoms with Gasteiger partial charge in [0.1, 0.15) is 0 Å². The van der Waals surface area contributed by atoms with E-state index in [9.17, 15) is 5.11 Å². The van der Waals surface area contributed by atoms with Crippen molar-refractivity contribution in [3.63, 3.8) is 0 Å². The largest absolute Gasteiger partial charge is 0.388 e. The summed E-state index contributed by atoms with van der Waals surface area (Å²) in [7, 11) is 0. The van der Waals surface area contributed by atoms with E-state index in [0.717, 1.165) is 22.9 Å². The van der Waals surface area contributed by atoms with Gasteiger partial charge in [-0.25, -0.2) is 0 Å². The highest BCUT2D eigenvalue weighted by atomic mass is 79.9. The Bertz CT molecular complexity index is 307. The van der Waals surface area contributed by atoms with E-state index < -0.39 is 6.10 Å². The monoisotopic (exact) mass is 304 g/mol. The molecule has 1 aromatic carbocycles. The minimum atomic E-state index is -0.396. The van der Waals surface area contributed by atoms with E-state index in [4.69, 9.17) is 11.6 Å². The van der Waals surface area contributed by atoms with Crippen LogP contribution in [0.5, 0.6) is 0 Å². The molecular formula is C13H18BrClO. The summed E-state index contributed by atoms with van der Waals surface area (Å²) in [6.07, 6.45) is 5.14. The minimum Gasteiger partial charge on any atom is -0.388 e. The molecule has 0 aromatic heterocycles. The van der Waals surface area contributed by atoms with Crippen LogP contribution in [0, 0.1) is 0 Å². The zero-order valence-corrected chi connectivity index (χ0v) is 11.9. The van der Waals surface area contributed by atoms with Crippen molar-refractivity contribution in [2.75, 3.05) is 0 Å². The fraction of sp³-hybridized carbons (Fsp3) is 0.538. The summed E-state index contributed by atoms with van der Waals surface area (Å²) >= 11 is 9.32. The molecule has 1 nitrogen and oxygen atoms in total. The van der Waals surface area contributed by atoms with E-state index in [-0.39, 0.29) is 0 Å². The highest BCUT2D eigenvalue weighted by molar-refractivity contribution is 9.10. The molecule has 1 unspecified atom stereocenters. The van der Waals surface area contributed by atoms with Crippen LogP contribution < -0.4 is 0 Å². The summed E-state index contributed by atoms with van der Waals surface area (Å²) in [4.78, 5) is 0. The Labute approximate surface area is 111 Å². The van der Waals surface area contributed by atoms with Gasteiger partial charge in [-0.3, -0.25) is 0 Å². The molecule has 0 spiro atoms. The van der Waals surface area contributed by atoms with Gasteiger partial charge in [-0.2, -0.15) is 0 Å². The van der Waals surface area contributed by atoms with Gasteiger partial charge in [-0.1, -0.05) is 60.1 Å². The van der Waals surface area contributed by atoms with Crippen molar-refractivity contribution in [1.82, 2.24) is 0 Å². The first kappa shape index (κ1) is 14.0. The Morgan fingerprint density at radius 3 is 2.62 bits per heavy atom. The van der Waals surface area contributed by atoms with Crippen LogP contribution in [0.3, 0.4) is 0 Å². The molecule has 1 N–H and O–H groups in total. The number of halogens is 2. The predicted octanol–water partition coefficient (Wildman–Crippen LogP) is 5.11. The third-order valence-electron chi connectivity index (χ3n) is 2.60. The lowest BCUT2D eigenvalue weighted by Crippen LogP contribution is -1.97. The van der Waals surface area contributed by atoms with Crippen molar-refractivity contribution in [3.05, 3.63) is 33.3 Å². The topological polar surface area (TPSA) is 20.2 Å². The number of rotatable bonds is 6. The van der Waals surface area contributed by atoms with Gasteiger partial charge in [0.15, 0.2) is 0 Å². The van der Waals surface area contributed by atoms with Gasteiger partial charge in [0, 0.05) is 9.50 Å². The lowest BCUT2D eigenvalue weighted by atomic mass is 10.0. The quantitative estimate of drug-likeness (QED) is 0.724. The first-order valence-corrected chi connectivity index (χ1v) is 6.94. The van der Waals surface area contributed by atoms with E-state index in [1.807, 2.05) is 18.2 Å². The van der Waals surface area contributed by atoms with E-state index >= 15 is 0 Å². The highest BCUT2D eigenvalue weighted by Gasteiger charge is 2.08. The molecule has 0 amide bonds. The summed E-state index contributed by atoms with van der Waals surface area (Å²) in [5, 5.41) is 10.7. The van der Waals surface area contributed by atoms with Crippen LogP contribution in [0.2, 0.25) is 5.02 Å².